The lowest BCUT2D eigenvalue weighted by Gasteiger charge is -2.12. The number of hydrogen-bond acceptors (Lipinski definition) is 2. The Morgan fingerprint density at radius 3 is 2.65 bits per heavy atom. The molecule has 1 saturated carbocycles. The van der Waals surface area contributed by atoms with Gasteiger partial charge >= 0.3 is 0 Å². The van der Waals surface area contributed by atoms with Crippen LogP contribution in [-0.2, 0) is 11.2 Å². The second-order valence-corrected chi connectivity index (χ2v) is 5.02. The van der Waals surface area contributed by atoms with E-state index in [0.717, 1.165) is 19.3 Å². The Bertz CT molecular complexity index is 339. The summed E-state index contributed by atoms with van der Waals surface area (Å²) in [5.41, 5.74) is 1.18. The van der Waals surface area contributed by atoms with Crippen LogP contribution in [-0.4, -0.2) is 10.8 Å². The highest BCUT2D eigenvalue weighted by molar-refractivity contribution is 5.81. The topological polar surface area (TPSA) is 30.0 Å². The second kappa shape index (κ2) is 6.53. The number of carbonyl (C=O) groups excluding carboxylic acids is 1. The van der Waals surface area contributed by atoms with E-state index < -0.39 is 0 Å². The maximum Gasteiger partial charge on any atom is 0.136 e. The van der Waals surface area contributed by atoms with Gasteiger partial charge < -0.3 is 0 Å². The largest absolute Gasteiger partial charge is 0.299 e. The van der Waals surface area contributed by atoms with E-state index in [0.29, 0.717) is 18.1 Å². The minimum Gasteiger partial charge on any atom is -0.299 e. The Morgan fingerprint density at radius 1 is 1.24 bits per heavy atom. The zero-order chi connectivity index (χ0) is 11.9. The Balaban J connectivity index is 1.80. The molecule has 1 aliphatic carbocycles. The van der Waals surface area contributed by atoms with Crippen molar-refractivity contribution in [3.63, 3.8) is 0 Å². The van der Waals surface area contributed by atoms with E-state index in [-0.39, 0.29) is 0 Å². The van der Waals surface area contributed by atoms with E-state index >= 15 is 0 Å². The van der Waals surface area contributed by atoms with E-state index in [1.165, 1.54) is 31.2 Å². The molecule has 0 N–H and O–H groups in total. The summed E-state index contributed by atoms with van der Waals surface area (Å²) in [6.45, 7) is 0. The fraction of sp³-hybridized carbons (Fsp3) is 0.600. The number of aryl methyl sites for hydroxylation is 1. The van der Waals surface area contributed by atoms with Crippen LogP contribution in [0.4, 0.5) is 0 Å². The average Bonchev–Trinajstić information content (AvgIpc) is 2.66. The van der Waals surface area contributed by atoms with Gasteiger partial charge in [0.1, 0.15) is 5.78 Å². The molecule has 0 amide bonds. The van der Waals surface area contributed by atoms with Crippen LogP contribution in [0.15, 0.2) is 24.5 Å². The quantitative estimate of drug-likeness (QED) is 0.742. The van der Waals surface area contributed by atoms with Gasteiger partial charge in [0.05, 0.1) is 0 Å². The maximum atomic E-state index is 12.1. The van der Waals surface area contributed by atoms with Crippen molar-refractivity contribution in [2.24, 2.45) is 5.92 Å². The van der Waals surface area contributed by atoms with Crippen LogP contribution in [0.1, 0.15) is 50.5 Å². The third-order valence-electron chi connectivity index (χ3n) is 3.69. The van der Waals surface area contributed by atoms with Gasteiger partial charge in [-0.3, -0.25) is 9.78 Å². The van der Waals surface area contributed by atoms with Crippen LogP contribution in [0, 0.1) is 5.92 Å². The molecule has 2 heteroatoms. The van der Waals surface area contributed by atoms with E-state index in [2.05, 4.69) is 4.98 Å². The van der Waals surface area contributed by atoms with Gasteiger partial charge in [0, 0.05) is 24.7 Å². The summed E-state index contributed by atoms with van der Waals surface area (Å²) >= 11 is 0. The SMILES string of the molecule is O=C(CCc1cccnc1)C1CCCCCC1. The molecular weight excluding hydrogens is 210 g/mol. The normalized spacial score (nSPS) is 17.6. The Kier molecular flexibility index (Phi) is 4.72. The summed E-state index contributed by atoms with van der Waals surface area (Å²) in [6.07, 6.45) is 12.5. The van der Waals surface area contributed by atoms with Crippen molar-refractivity contribution >= 4 is 5.78 Å². The summed E-state index contributed by atoms with van der Waals surface area (Å²) in [6, 6.07) is 3.98. The lowest BCUT2D eigenvalue weighted by atomic mass is 9.92. The molecule has 2 nitrogen and oxygen atoms in total. The molecule has 2 rings (SSSR count). The Hall–Kier alpha value is -1.18. The molecule has 0 radical (unpaired) electrons. The van der Waals surface area contributed by atoms with Crippen LogP contribution >= 0.6 is 0 Å². The number of carbonyl (C=O) groups is 1. The maximum absolute atomic E-state index is 12.1. The van der Waals surface area contributed by atoms with E-state index in [4.69, 9.17) is 0 Å². The smallest absolute Gasteiger partial charge is 0.136 e. The molecular formula is C15H21NO. The molecule has 0 saturated heterocycles. The van der Waals surface area contributed by atoms with Crippen LogP contribution in [0.25, 0.3) is 0 Å². The molecule has 0 bridgehead atoms. The van der Waals surface area contributed by atoms with E-state index in [9.17, 15) is 4.79 Å². The van der Waals surface area contributed by atoms with Crippen molar-refractivity contribution in [3.05, 3.63) is 30.1 Å². The summed E-state index contributed by atoms with van der Waals surface area (Å²) in [4.78, 5) is 16.2. The van der Waals surface area contributed by atoms with Gasteiger partial charge in [-0.05, 0) is 30.9 Å². The molecule has 17 heavy (non-hydrogen) atoms. The van der Waals surface area contributed by atoms with Crippen molar-refractivity contribution in [1.82, 2.24) is 4.98 Å². The number of hydrogen-bond donors (Lipinski definition) is 0. The molecule has 0 spiro atoms. The summed E-state index contributed by atoms with van der Waals surface area (Å²) in [5.74, 6) is 0.810. The van der Waals surface area contributed by atoms with Gasteiger partial charge in [0.15, 0.2) is 0 Å². The number of nitrogens with zero attached hydrogens (tertiary/aromatic N) is 1. The van der Waals surface area contributed by atoms with Gasteiger partial charge in [-0.15, -0.1) is 0 Å². The Labute approximate surface area is 103 Å². The number of ketones is 1. The first kappa shape index (κ1) is 12.3. The first-order valence-corrected chi connectivity index (χ1v) is 6.78. The molecule has 92 valence electrons. The standard InChI is InChI=1S/C15H21NO/c17-15(14-7-3-1-2-4-8-14)10-9-13-6-5-11-16-12-13/h5-6,11-12,14H,1-4,7-10H2. The molecule has 1 aliphatic rings. The van der Waals surface area contributed by atoms with Crippen LogP contribution in [0.3, 0.4) is 0 Å². The van der Waals surface area contributed by atoms with Crippen molar-refractivity contribution in [2.75, 3.05) is 0 Å². The first-order valence-electron chi connectivity index (χ1n) is 6.78. The first-order chi connectivity index (χ1) is 8.36. The number of rotatable bonds is 4. The zero-order valence-corrected chi connectivity index (χ0v) is 10.4. The predicted molar refractivity (Wildman–Crippen MR) is 68.8 cm³/mol. The third kappa shape index (κ3) is 3.95. The monoisotopic (exact) mass is 231 g/mol. The number of aromatic nitrogens is 1. The van der Waals surface area contributed by atoms with E-state index in [1.807, 2.05) is 18.3 Å². The molecule has 1 aromatic rings. The van der Waals surface area contributed by atoms with Gasteiger partial charge in [-0.2, -0.15) is 0 Å². The highest BCUT2D eigenvalue weighted by atomic mass is 16.1. The lowest BCUT2D eigenvalue weighted by Crippen LogP contribution is -2.14. The van der Waals surface area contributed by atoms with Crippen LogP contribution in [0.2, 0.25) is 0 Å². The van der Waals surface area contributed by atoms with Gasteiger partial charge in [0.25, 0.3) is 0 Å². The molecule has 1 fully saturated rings. The van der Waals surface area contributed by atoms with Crippen molar-refractivity contribution in [3.8, 4) is 0 Å². The van der Waals surface area contributed by atoms with Crippen molar-refractivity contribution in [2.45, 2.75) is 51.4 Å². The predicted octanol–water partition coefficient (Wildman–Crippen LogP) is 3.55. The molecule has 0 aromatic carbocycles. The fourth-order valence-corrected chi connectivity index (χ4v) is 2.62. The molecule has 0 aliphatic heterocycles. The number of pyridine rings is 1. The van der Waals surface area contributed by atoms with E-state index in [1.54, 1.807) is 6.20 Å². The van der Waals surface area contributed by atoms with Crippen molar-refractivity contribution in [1.29, 1.82) is 0 Å². The zero-order valence-electron chi connectivity index (χ0n) is 10.4. The molecule has 0 unspecified atom stereocenters. The highest BCUT2D eigenvalue weighted by Crippen LogP contribution is 2.24. The molecule has 1 heterocycles. The van der Waals surface area contributed by atoms with Gasteiger partial charge in [0.2, 0.25) is 0 Å². The summed E-state index contributed by atoms with van der Waals surface area (Å²) in [7, 11) is 0. The molecule has 1 aromatic heterocycles. The van der Waals surface area contributed by atoms with Crippen molar-refractivity contribution < 1.29 is 4.79 Å². The van der Waals surface area contributed by atoms with Crippen LogP contribution < -0.4 is 0 Å². The summed E-state index contributed by atoms with van der Waals surface area (Å²) < 4.78 is 0. The average molecular weight is 231 g/mol. The minimum absolute atomic E-state index is 0.342. The fourth-order valence-electron chi connectivity index (χ4n) is 2.62. The third-order valence-corrected chi connectivity index (χ3v) is 3.69. The summed E-state index contributed by atoms with van der Waals surface area (Å²) in [5, 5.41) is 0. The number of Topliss-reactive ketones (excluding diaryl/α,β-unsaturated/α-hetero) is 1. The highest BCUT2D eigenvalue weighted by Gasteiger charge is 2.19. The van der Waals surface area contributed by atoms with Gasteiger partial charge in [-0.1, -0.05) is 31.7 Å². The lowest BCUT2D eigenvalue weighted by molar-refractivity contribution is -0.123. The Morgan fingerprint density at radius 2 is 2.00 bits per heavy atom. The second-order valence-electron chi connectivity index (χ2n) is 5.02. The minimum atomic E-state index is 0.342. The van der Waals surface area contributed by atoms with Crippen LogP contribution in [0.5, 0.6) is 0 Å². The molecule has 0 atom stereocenters. The van der Waals surface area contributed by atoms with Gasteiger partial charge in [-0.25, -0.2) is 0 Å².